The van der Waals surface area contributed by atoms with Gasteiger partial charge in [-0.1, -0.05) is 259 Å². The molecule has 0 aliphatic carbocycles. The van der Waals surface area contributed by atoms with E-state index in [0.717, 1.165) is 116 Å². The molecular weight excluding hydrogens is 925 g/mol. The maximum absolute atomic E-state index is 12.9. The van der Waals surface area contributed by atoms with Gasteiger partial charge in [-0.05, 0) is 122 Å². The van der Waals surface area contributed by atoms with Crippen molar-refractivity contribution in [1.29, 1.82) is 0 Å². The number of carbonyl (C=O) groups is 3. The molecule has 6 nitrogen and oxygen atoms in total. The van der Waals surface area contributed by atoms with Gasteiger partial charge in [-0.3, -0.25) is 14.4 Å². The summed E-state index contributed by atoms with van der Waals surface area (Å²) >= 11 is 0. The van der Waals surface area contributed by atoms with Gasteiger partial charge in [-0.25, -0.2) is 0 Å². The molecule has 0 spiro atoms. The van der Waals surface area contributed by atoms with Crippen LogP contribution in [0.15, 0.2) is 97.2 Å². The zero-order valence-corrected chi connectivity index (χ0v) is 49.3. The number of esters is 3. The van der Waals surface area contributed by atoms with E-state index < -0.39 is 6.10 Å². The Hall–Kier alpha value is -3.67. The molecule has 0 aromatic carbocycles. The minimum Gasteiger partial charge on any atom is -0.462 e. The molecule has 0 saturated carbocycles. The van der Waals surface area contributed by atoms with E-state index in [9.17, 15) is 14.4 Å². The lowest BCUT2D eigenvalue weighted by atomic mass is 10.1. The smallest absolute Gasteiger partial charge is 0.306 e. The van der Waals surface area contributed by atoms with E-state index in [4.69, 9.17) is 14.2 Å². The summed E-state index contributed by atoms with van der Waals surface area (Å²) in [5, 5.41) is 0. The number of hydrogen-bond donors (Lipinski definition) is 0. The van der Waals surface area contributed by atoms with E-state index in [2.05, 4.69) is 118 Å². The molecule has 0 radical (unpaired) electrons. The molecule has 75 heavy (non-hydrogen) atoms. The average molecular weight is 1040 g/mol. The Kier molecular flexibility index (Phi) is 59.8. The predicted octanol–water partition coefficient (Wildman–Crippen LogP) is 21.7. The number of carbonyl (C=O) groups excluding carboxylic acids is 3. The van der Waals surface area contributed by atoms with Gasteiger partial charge >= 0.3 is 17.9 Å². The molecule has 1 atom stereocenters. The molecule has 0 aromatic heterocycles. The van der Waals surface area contributed by atoms with Crippen molar-refractivity contribution in [3.63, 3.8) is 0 Å². The quantitative estimate of drug-likeness (QED) is 0.0261. The van der Waals surface area contributed by atoms with Crippen LogP contribution >= 0.6 is 0 Å². The van der Waals surface area contributed by atoms with Gasteiger partial charge in [-0.15, -0.1) is 0 Å². The van der Waals surface area contributed by atoms with Crippen LogP contribution in [0, 0.1) is 0 Å². The predicted molar refractivity (Wildman–Crippen MR) is 325 cm³/mol. The van der Waals surface area contributed by atoms with Crippen LogP contribution in [-0.2, 0) is 28.6 Å². The first-order chi connectivity index (χ1) is 37.0. The second-order valence-electron chi connectivity index (χ2n) is 20.9. The highest BCUT2D eigenvalue weighted by atomic mass is 16.6. The van der Waals surface area contributed by atoms with Crippen LogP contribution in [0.25, 0.3) is 0 Å². The molecule has 0 rings (SSSR count). The van der Waals surface area contributed by atoms with Gasteiger partial charge in [0.2, 0.25) is 0 Å². The topological polar surface area (TPSA) is 78.9 Å². The normalized spacial score (nSPS) is 12.7. The number of ether oxygens (including phenoxy) is 3. The first kappa shape index (κ1) is 71.3. The molecule has 1 unspecified atom stereocenters. The van der Waals surface area contributed by atoms with Crippen molar-refractivity contribution in [3.8, 4) is 0 Å². The van der Waals surface area contributed by atoms with Crippen molar-refractivity contribution < 1.29 is 28.6 Å². The summed E-state index contributed by atoms with van der Waals surface area (Å²) in [7, 11) is 0. The number of unbranched alkanes of at least 4 members (excludes halogenated alkanes) is 30. The monoisotopic (exact) mass is 1040 g/mol. The molecule has 0 aliphatic rings. The highest BCUT2D eigenvalue weighted by Gasteiger charge is 2.19. The van der Waals surface area contributed by atoms with Crippen molar-refractivity contribution in [2.24, 2.45) is 0 Å². The molecule has 0 aliphatic heterocycles. The van der Waals surface area contributed by atoms with E-state index in [1.165, 1.54) is 148 Å². The van der Waals surface area contributed by atoms with Gasteiger partial charge in [0, 0.05) is 19.3 Å². The van der Waals surface area contributed by atoms with Gasteiger partial charge in [-0.2, -0.15) is 0 Å². The molecule has 0 saturated heterocycles. The second kappa shape index (κ2) is 62.9. The number of rotatable bonds is 57. The number of allylic oxidation sites excluding steroid dienone is 16. The molecule has 0 bridgehead atoms. The van der Waals surface area contributed by atoms with Gasteiger partial charge < -0.3 is 14.2 Å². The third-order valence-corrected chi connectivity index (χ3v) is 13.5. The van der Waals surface area contributed by atoms with Crippen LogP contribution in [0.2, 0.25) is 0 Å². The molecule has 0 amide bonds. The van der Waals surface area contributed by atoms with Crippen LogP contribution in [0.3, 0.4) is 0 Å². The summed E-state index contributed by atoms with van der Waals surface area (Å²) in [4.78, 5) is 38.3. The van der Waals surface area contributed by atoms with E-state index in [1.54, 1.807) is 0 Å². The average Bonchev–Trinajstić information content (AvgIpc) is 3.41. The Balaban J connectivity index is 4.44. The second-order valence-corrected chi connectivity index (χ2v) is 20.9. The number of hydrogen-bond acceptors (Lipinski definition) is 6. The Morgan fingerprint density at radius 2 is 0.520 bits per heavy atom. The summed E-state index contributed by atoms with van der Waals surface area (Å²) in [6, 6.07) is 0. The largest absolute Gasteiger partial charge is 0.462 e. The molecule has 430 valence electrons. The van der Waals surface area contributed by atoms with E-state index in [-0.39, 0.29) is 31.1 Å². The van der Waals surface area contributed by atoms with Gasteiger partial charge in [0.1, 0.15) is 13.2 Å². The van der Waals surface area contributed by atoms with Crippen molar-refractivity contribution in [3.05, 3.63) is 97.2 Å². The molecule has 0 heterocycles. The van der Waals surface area contributed by atoms with Crippen LogP contribution in [0.1, 0.15) is 303 Å². The molecular formula is C69H118O6. The SMILES string of the molecule is CC/C=C\C/C=C\C/C=C\C/C=C\CCCCCCC(=O)OCC(COC(=O)CCCCCCCC/C=C\C/C=C\C/C=C\CCCCCCC)OC(=O)CCCCCCCCCCC/C=C\CCCCCCCC. The van der Waals surface area contributed by atoms with Gasteiger partial charge in [0.15, 0.2) is 6.10 Å². The summed E-state index contributed by atoms with van der Waals surface area (Å²) in [5.74, 6) is -0.922. The Morgan fingerprint density at radius 1 is 0.280 bits per heavy atom. The minimum atomic E-state index is -0.797. The summed E-state index contributed by atoms with van der Waals surface area (Å²) in [5.41, 5.74) is 0. The Morgan fingerprint density at radius 3 is 0.827 bits per heavy atom. The summed E-state index contributed by atoms with van der Waals surface area (Å²) in [6.07, 6.45) is 84.0. The van der Waals surface area contributed by atoms with Crippen LogP contribution in [-0.4, -0.2) is 37.2 Å². The lowest BCUT2D eigenvalue weighted by Gasteiger charge is -2.18. The third kappa shape index (κ3) is 61.1. The van der Waals surface area contributed by atoms with E-state index in [0.29, 0.717) is 19.3 Å². The summed E-state index contributed by atoms with van der Waals surface area (Å²) < 4.78 is 16.9. The highest BCUT2D eigenvalue weighted by Crippen LogP contribution is 2.15. The lowest BCUT2D eigenvalue weighted by molar-refractivity contribution is -0.167. The fourth-order valence-corrected chi connectivity index (χ4v) is 8.79. The summed E-state index contributed by atoms with van der Waals surface area (Å²) in [6.45, 7) is 6.50. The van der Waals surface area contributed by atoms with Crippen molar-refractivity contribution in [1.82, 2.24) is 0 Å². The zero-order chi connectivity index (χ0) is 54.3. The fraction of sp³-hybridized carbons (Fsp3) is 0.725. The zero-order valence-electron chi connectivity index (χ0n) is 49.3. The van der Waals surface area contributed by atoms with E-state index in [1.807, 2.05) is 0 Å². The highest BCUT2D eigenvalue weighted by molar-refractivity contribution is 5.71. The van der Waals surface area contributed by atoms with Crippen molar-refractivity contribution in [2.45, 2.75) is 309 Å². The van der Waals surface area contributed by atoms with Crippen molar-refractivity contribution in [2.75, 3.05) is 13.2 Å². The van der Waals surface area contributed by atoms with Gasteiger partial charge in [0.05, 0.1) is 0 Å². The molecule has 0 aromatic rings. The Bertz CT molecular complexity index is 1480. The first-order valence-corrected chi connectivity index (χ1v) is 31.7. The van der Waals surface area contributed by atoms with Crippen LogP contribution in [0.5, 0.6) is 0 Å². The van der Waals surface area contributed by atoms with Crippen LogP contribution < -0.4 is 0 Å². The molecule has 0 N–H and O–H groups in total. The standard InChI is InChI=1S/C69H118O6/c1-4-7-10-13-16-19-22-25-28-31-33-34-36-38-41-44-47-50-53-56-59-62-68(71)74-65-66(64-73-67(70)61-58-55-52-49-46-43-40-37-30-27-24-21-18-15-12-9-6-3)75-69(72)63-60-57-54-51-48-45-42-39-35-32-29-26-23-20-17-14-11-8-5-2/h9,12,18,21-22,25-27,29-31,33,36,38,40,43,66H,4-8,10-11,13-17,19-20,23-24,28,32,34-35,37,39,41-42,44-65H2,1-3H3/b12-9-,21-18-,25-22-,29-26-,30-27-,33-31-,38-36-,43-40-. The maximum atomic E-state index is 12.9. The van der Waals surface area contributed by atoms with Crippen molar-refractivity contribution >= 4 is 17.9 Å². The van der Waals surface area contributed by atoms with Crippen LogP contribution in [0.4, 0.5) is 0 Å². The van der Waals surface area contributed by atoms with E-state index >= 15 is 0 Å². The lowest BCUT2D eigenvalue weighted by Crippen LogP contribution is -2.30. The molecule has 0 fully saturated rings. The third-order valence-electron chi connectivity index (χ3n) is 13.5. The first-order valence-electron chi connectivity index (χ1n) is 31.7. The fourth-order valence-electron chi connectivity index (χ4n) is 8.79. The minimum absolute atomic E-state index is 0.0930. The Labute approximate surface area is 464 Å². The maximum Gasteiger partial charge on any atom is 0.306 e. The van der Waals surface area contributed by atoms with Gasteiger partial charge in [0.25, 0.3) is 0 Å². The molecule has 6 heteroatoms.